The van der Waals surface area contributed by atoms with Crippen molar-refractivity contribution in [2.24, 2.45) is 0 Å². The van der Waals surface area contributed by atoms with Gasteiger partial charge < -0.3 is 14.3 Å². The Bertz CT molecular complexity index is 404. The highest BCUT2D eigenvalue weighted by Crippen LogP contribution is 2.14. The molecule has 0 spiro atoms. The maximum absolute atomic E-state index is 5.35. The summed E-state index contributed by atoms with van der Waals surface area (Å²) in [4.78, 5) is 5.57. The van der Waals surface area contributed by atoms with E-state index in [0.29, 0.717) is 5.92 Å². The largest absolute Gasteiger partial charge is 0.379 e. The summed E-state index contributed by atoms with van der Waals surface area (Å²) >= 11 is 5.32. The second kappa shape index (κ2) is 5.80. The lowest BCUT2D eigenvalue weighted by Crippen LogP contribution is -2.38. The van der Waals surface area contributed by atoms with Crippen molar-refractivity contribution in [3.8, 4) is 0 Å². The molecule has 0 bridgehead atoms. The van der Waals surface area contributed by atoms with E-state index in [1.54, 1.807) is 0 Å². The molecule has 1 fully saturated rings. The molecule has 0 aromatic carbocycles. The molecule has 0 saturated carbocycles. The maximum Gasteiger partial charge on any atom is 0.177 e. The van der Waals surface area contributed by atoms with Gasteiger partial charge in [-0.15, -0.1) is 0 Å². The highest BCUT2D eigenvalue weighted by atomic mass is 32.1. The zero-order valence-corrected chi connectivity index (χ0v) is 11.4. The monoisotopic (exact) mass is 255 g/mol. The third-order valence-corrected chi connectivity index (χ3v) is 3.57. The van der Waals surface area contributed by atoms with E-state index >= 15 is 0 Å². The number of nitrogens with zero attached hydrogens (tertiary/aromatic N) is 2. The number of aromatic nitrogens is 2. The van der Waals surface area contributed by atoms with Gasteiger partial charge in [0, 0.05) is 38.1 Å². The first-order valence-corrected chi connectivity index (χ1v) is 6.67. The van der Waals surface area contributed by atoms with Crippen LogP contribution in [0.25, 0.3) is 0 Å². The molecule has 5 heteroatoms. The quantitative estimate of drug-likeness (QED) is 0.835. The first-order valence-electron chi connectivity index (χ1n) is 6.26. The SMILES string of the molecule is CC(C)c1c[nH]c(=S)n1CCN1CCOCC1. The van der Waals surface area contributed by atoms with Crippen molar-refractivity contribution >= 4 is 12.2 Å². The fourth-order valence-corrected chi connectivity index (χ4v) is 2.44. The van der Waals surface area contributed by atoms with Crippen molar-refractivity contribution in [2.75, 3.05) is 32.8 Å². The van der Waals surface area contributed by atoms with Crippen molar-refractivity contribution < 1.29 is 4.74 Å². The Morgan fingerprint density at radius 3 is 2.71 bits per heavy atom. The third-order valence-electron chi connectivity index (χ3n) is 3.24. The predicted octanol–water partition coefficient (Wildman–Crippen LogP) is 2.00. The van der Waals surface area contributed by atoms with Gasteiger partial charge in [0.2, 0.25) is 0 Å². The summed E-state index contributed by atoms with van der Waals surface area (Å²) in [5.74, 6) is 0.507. The second-order valence-electron chi connectivity index (χ2n) is 4.78. The molecular formula is C12H21N3OS. The molecule has 1 N–H and O–H groups in total. The van der Waals surface area contributed by atoms with E-state index in [1.165, 1.54) is 5.69 Å². The normalized spacial score (nSPS) is 17.8. The molecule has 2 heterocycles. The molecule has 4 nitrogen and oxygen atoms in total. The van der Waals surface area contributed by atoms with E-state index in [4.69, 9.17) is 17.0 Å². The van der Waals surface area contributed by atoms with Crippen LogP contribution in [-0.4, -0.2) is 47.3 Å². The predicted molar refractivity (Wildman–Crippen MR) is 71.0 cm³/mol. The van der Waals surface area contributed by atoms with Crippen LogP contribution in [0.1, 0.15) is 25.5 Å². The molecule has 1 aromatic heterocycles. The molecule has 0 aliphatic carbocycles. The molecule has 0 unspecified atom stereocenters. The lowest BCUT2D eigenvalue weighted by molar-refractivity contribution is 0.0362. The van der Waals surface area contributed by atoms with Crippen LogP contribution in [0.3, 0.4) is 0 Å². The summed E-state index contributed by atoms with van der Waals surface area (Å²) in [6.45, 7) is 10.2. The Balaban J connectivity index is 1.98. The maximum atomic E-state index is 5.35. The van der Waals surface area contributed by atoms with Gasteiger partial charge in [0.1, 0.15) is 0 Å². The number of hydrogen-bond acceptors (Lipinski definition) is 3. The van der Waals surface area contributed by atoms with Crippen LogP contribution in [0.5, 0.6) is 0 Å². The Labute approximate surface area is 108 Å². The zero-order chi connectivity index (χ0) is 12.3. The van der Waals surface area contributed by atoms with Crippen LogP contribution in [0.4, 0.5) is 0 Å². The number of nitrogens with one attached hydrogen (secondary N) is 1. The van der Waals surface area contributed by atoms with Gasteiger partial charge in [-0.05, 0) is 18.1 Å². The average molecular weight is 255 g/mol. The molecule has 0 atom stereocenters. The summed E-state index contributed by atoms with van der Waals surface area (Å²) in [6.07, 6.45) is 2.03. The summed E-state index contributed by atoms with van der Waals surface area (Å²) in [7, 11) is 0. The second-order valence-corrected chi connectivity index (χ2v) is 5.17. The minimum absolute atomic E-state index is 0.507. The molecule has 1 aliphatic heterocycles. The van der Waals surface area contributed by atoms with Gasteiger partial charge in [0.15, 0.2) is 4.77 Å². The minimum atomic E-state index is 0.507. The van der Waals surface area contributed by atoms with Gasteiger partial charge >= 0.3 is 0 Å². The molecule has 1 aromatic rings. The van der Waals surface area contributed by atoms with Crippen LogP contribution < -0.4 is 0 Å². The smallest absolute Gasteiger partial charge is 0.177 e. The Kier molecular flexibility index (Phi) is 4.36. The Morgan fingerprint density at radius 1 is 1.35 bits per heavy atom. The van der Waals surface area contributed by atoms with Crippen LogP contribution >= 0.6 is 12.2 Å². The fourth-order valence-electron chi connectivity index (χ4n) is 2.18. The molecular weight excluding hydrogens is 234 g/mol. The summed E-state index contributed by atoms with van der Waals surface area (Å²) in [6, 6.07) is 0. The molecule has 0 radical (unpaired) electrons. The average Bonchev–Trinajstić information content (AvgIpc) is 2.69. The van der Waals surface area contributed by atoms with Crippen LogP contribution in [-0.2, 0) is 11.3 Å². The van der Waals surface area contributed by atoms with Crippen molar-refractivity contribution in [1.29, 1.82) is 0 Å². The Morgan fingerprint density at radius 2 is 2.06 bits per heavy atom. The van der Waals surface area contributed by atoms with Gasteiger partial charge in [0.05, 0.1) is 13.2 Å². The van der Waals surface area contributed by atoms with E-state index in [1.807, 2.05) is 6.20 Å². The lowest BCUT2D eigenvalue weighted by atomic mass is 10.1. The summed E-state index contributed by atoms with van der Waals surface area (Å²) in [5.41, 5.74) is 1.29. The van der Waals surface area contributed by atoms with Crippen LogP contribution in [0, 0.1) is 4.77 Å². The molecule has 1 aliphatic rings. The van der Waals surface area contributed by atoms with E-state index in [0.717, 1.165) is 44.2 Å². The highest BCUT2D eigenvalue weighted by Gasteiger charge is 2.12. The summed E-state index contributed by atoms with van der Waals surface area (Å²) in [5, 5.41) is 0. The number of ether oxygens (including phenoxy) is 1. The van der Waals surface area contributed by atoms with Crippen LogP contribution in [0.2, 0.25) is 0 Å². The first kappa shape index (κ1) is 12.8. The lowest BCUT2D eigenvalue weighted by Gasteiger charge is -2.27. The topological polar surface area (TPSA) is 33.2 Å². The van der Waals surface area contributed by atoms with E-state index < -0.39 is 0 Å². The molecule has 96 valence electrons. The van der Waals surface area contributed by atoms with Crippen molar-refractivity contribution in [3.63, 3.8) is 0 Å². The van der Waals surface area contributed by atoms with Gasteiger partial charge in [-0.2, -0.15) is 0 Å². The minimum Gasteiger partial charge on any atom is -0.379 e. The van der Waals surface area contributed by atoms with Gasteiger partial charge in [-0.1, -0.05) is 13.8 Å². The van der Waals surface area contributed by atoms with E-state index in [-0.39, 0.29) is 0 Å². The number of morpholine rings is 1. The molecule has 2 rings (SSSR count). The third kappa shape index (κ3) is 3.18. The van der Waals surface area contributed by atoms with Crippen LogP contribution in [0.15, 0.2) is 6.20 Å². The standard InChI is InChI=1S/C12H21N3OS/c1-10(2)11-9-13-12(17)15(11)4-3-14-5-7-16-8-6-14/h9-10H,3-8H2,1-2H3,(H,13,17). The van der Waals surface area contributed by atoms with Gasteiger partial charge in [0.25, 0.3) is 0 Å². The highest BCUT2D eigenvalue weighted by molar-refractivity contribution is 7.71. The van der Waals surface area contributed by atoms with E-state index in [9.17, 15) is 0 Å². The Hall–Kier alpha value is -0.650. The van der Waals surface area contributed by atoms with Gasteiger partial charge in [-0.25, -0.2) is 0 Å². The number of aromatic amines is 1. The zero-order valence-electron chi connectivity index (χ0n) is 10.6. The van der Waals surface area contributed by atoms with Gasteiger partial charge in [-0.3, -0.25) is 4.90 Å². The van der Waals surface area contributed by atoms with Crippen molar-refractivity contribution in [1.82, 2.24) is 14.5 Å². The number of imidazole rings is 1. The van der Waals surface area contributed by atoms with Crippen molar-refractivity contribution in [2.45, 2.75) is 26.3 Å². The molecule has 17 heavy (non-hydrogen) atoms. The first-order chi connectivity index (χ1) is 8.18. The number of hydrogen-bond donors (Lipinski definition) is 1. The van der Waals surface area contributed by atoms with Crippen molar-refractivity contribution in [3.05, 3.63) is 16.7 Å². The summed E-state index contributed by atoms with van der Waals surface area (Å²) < 4.78 is 8.40. The number of rotatable bonds is 4. The van der Waals surface area contributed by atoms with E-state index in [2.05, 4.69) is 28.3 Å². The number of H-pyrrole nitrogens is 1. The molecule has 1 saturated heterocycles. The molecule has 0 amide bonds. The fraction of sp³-hybridized carbons (Fsp3) is 0.750.